The van der Waals surface area contributed by atoms with Crippen molar-refractivity contribution in [1.29, 1.82) is 0 Å². The van der Waals surface area contributed by atoms with Crippen LogP contribution in [0.3, 0.4) is 0 Å². The van der Waals surface area contributed by atoms with Gasteiger partial charge in [-0.25, -0.2) is 0 Å². The molecule has 1 rings (SSSR count). The molecule has 4 nitrogen and oxygen atoms in total. The Morgan fingerprint density at radius 2 is 2.00 bits per heavy atom. The minimum atomic E-state index is -0.144. The molecule has 0 aliphatic carbocycles. The first-order chi connectivity index (χ1) is 8.93. The van der Waals surface area contributed by atoms with Gasteiger partial charge in [-0.05, 0) is 37.0 Å². The maximum Gasteiger partial charge on any atom is 0.258 e. The monoisotopic (exact) mass is 300 g/mol. The van der Waals surface area contributed by atoms with Crippen molar-refractivity contribution in [3.63, 3.8) is 0 Å². The third-order valence-corrected chi connectivity index (χ3v) is 2.91. The van der Waals surface area contributed by atoms with Crippen LogP contribution in [0.1, 0.15) is 37.8 Å². The van der Waals surface area contributed by atoms with E-state index in [0.29, 0.717) is 12.5 Å². The average molecular weight is 301 g/mol. The lowest BCUT2D eigenvalue weighted by atomic mass is 10.0. The zero-order valence-electron chi connectivity index (χ0n) is 12.6. The molecule has 0 saturated carbocycles. The van der Waals surface area contributed by atoms with Gasteiger partial charge in [0, 0.05) is 12.6 Å². The summed E-state index contributed by atoms with van der Waals surface area (Å²) in [4.78, 5) is 11.7. The van der Waals surface area contributed by atoms with Crippen LogP contribution in [0, 0.1) is 6.92 Å². The lowest BCUT2D eigenvalue weighted by molar-refractivity contribution is -0.123. The van der Waals surface area contributed by atoms with Gasteiger partial charge in [0.25, 0.3) is 5.91 Å². The number of halogens is 1. The zero-order valence-corrected chi connectivity index (χ0v) is 13.4. The van der Waals surface area contributed by atoms with E-state index < -0.39 is 0 Å². The van der Waals surface area contributed by atoms with Gasteiger partial charge in [-0.1, -0.05) is 26.0 Å². The van der Waals surface area contributed by atoms with Crippen molar-refractivity contribution >= 4 is 18.3 Å². The molecule has 0 unspecified atom stereocenters. The van der Waals surface area contributed by atoms with Crippen LogP contribution in [-0.4, -0.2) is 25.1 Å². The molecule has 0 aliphatic rings. The van der Waals surface area contributed by atoms with Crippen LogP contribution in [0.2, 0.25) is 0 Å². The highest BCUT2D eigenvalue weighted by Crippen LogP contribution is 2.27. The van der Waals surface area contributed by atoms with Gasteiger partial charge in [0.1, 0.15) is 5.75 Å². The molecule has 0 bridgehead atoms. The number of nitrogens with two attached hydrogens (primary N) is 1. The predicted octanol–water partition coefficient (Wildman–Crippen LogP) is 2.38. The summed E-state index contributed by atoms with van der Waals surface area (Å²) in [6, 6.07) is 6.04. The van der Waals surface area contributed by atoms with Gasteiger partial charge in [-0.15, -0.1) is 12.4 Å². The number of ether oxygens (including phenoxy) is 1. The molecule has 0 heterocycles. The first kappa shape index (κ1) is 18.7. The third-order valence-electron chi connectivity index (χ3n) is 2.91. The zero-order chi connectivity index (χ0) is 14.4. The second-order valence-corrected chi connectivity index (χ2v) is 5.19. The number of carbonyl (C=O) groups is 1. The molecule has 1 amide bonds. The summed E-state index contributed by atoms with van der Waals surface area (Å²) in [6.07, 6.45) is 0. The Morgan fingerprint density at radius 1 is 1.35 bits per heavy atom. The first-order valence-corrected chi connectivity index (χ1v) is 6.66. The van der Waals surface area contributed by atoms with E-state index in [1.165, 1.54) is 0 Å². The number of aryl methyl sites for hydroxylation is 1. The van der Waals surface area contributed by atoms with Crippen molar-refractivity contribution in [2.24, 2.45) is 5.73 Å². The fraction of sp³-hybridized carbons (Fsp3) is 0.533. The van der Waals surface area contributed by atoms with Gasteiger partial charge in [0.2, 0.25) is 0 Å². The molecular weight excluding hydrogens is 276 g/mol. The van der Waals surface area contributed by atoms with Crippen molar-refractivity contribution in [3.05, 3.63) is 29.3 Å². The normalized spacial score (nSPS) is 11.7. The fourth-order valence-electron chi connectivity index (χ4n) is 1.76. The summed E-state index contributed by atoms with van der Waals surface area (Å²) in [5, 5.41) is 2.77. The van der Waals surface area contributed by atoms with Crippen molar-refractivity contribution < 1.29 is 9.53 Å². The second kappa shape index (κ2) is 8.82. The number of hydrogen-bond acceptors (Lipinski definition) is 3. The number of benzene rings is 1. The highest BCUT2D eigenvalue weighted by Gasteiger charge is 2.11. The minimum Gasteiger partial charge on any atom is -0.483 e. The summed E-state index contributed by atoms with van der Waals surface area (Å²) >= 11 is 0. The predicted molar refractivity (Wildman–Crippen MR) is 84.7 cm³/mol. The van der Waals surface area contributed by atoms with Crippen LogP contribution in [0.15, 0.2) is 18.2 Å². The van der Waals surface area contributed by atoms with Gasteiger partial charge in [-0.2, -0.15) is 0 Å². The minimum absolute atomic E-state index is 0. The molecule has 0 saturated heterocycles. The average Bonchev–Trinajstić information content (AvgIpc) is 2.35. The molecule has 5 heteroatoms. The number of nitrogens with one attached hydrogen (secondary N) is 1. The van der Waals surface area contributed by atoms with Gasteiger partial charge >= 0.3 is 0 Å². The Balaban J connectivity index is 0.00000361. The number of amides is 1. The maximum atomic E-state index is 11.7. The summed E-state index contributed by atoms with van der Waals surface area (Å²) < 4.78 is 5.63. The molecule has 0 aromatic heterocycles. The van der Waals surface area contributed by atoms with E-state index in [0.717, 1.165) is 16.9 Å². The molecule has 0 radical (unpaired) electrons. The smallest absolute Gasteiger partial charge is 0.258 e. The molecular formula is C15H25ClN2O2. The lowest BCUT2D eigenvalue weighted by Crippen LogP contribution is -2.40. The molecule has 3 N–H and O–H groups in total. The maximum absolute atomic E-state index is 11.7. The van der Waals surface area contributed by atoms with E-state index in [1.54, 1.807) is 0 Å². The van der Waals surface area contributed by atoms with E-state index in [2.05, 4.69) is 31.3 Å². The van der Waals surface area contributed by atoms with Crippen LogP contribution in [0.4, 0.5) is 0 Å². The highest BCUT2D eigenvalue weighted by atomic mass is 35.5. The molecule has 1 aromatic rings. The van der Waals surface area contributed by atoms with Crippen molar-refractivity contribution in [3.8, 4) is 5.75 Å². The third kappa shape index (κ3) is 5.80. The largest absolute Gasteiger partial charge is 0.483 e. The Kier molecular flexibility index (Phi) is 8.26. The topological polar surface area (TPSA) is 64.3 Å². The Morgan fingerprint density at radius 3 is 2.55 bits per heavy atom. The Hall–Kier alpha value is -1.26. The van der Waals surface area contributed by atoms with E-state index >= 15 is 0 Å². The van der Waals surface area contributed by atoms with Crippen molar-refractivity contribution in [1.82, 2.24) is 5.32 Å². The van der Waals surface area contributed by atoms with Gasteiger partial charge in [0.15, 0.2) is 6.61 Å². The van der Waals surface area contributed by atoms with Crippen LogP contribution in [-0.2, 0) is 4.79 Å². The molecule has 20 heavy (non-hydrogen) atoms. The molecule has 1 aromatic carbocycles. The van der Waals surface area contributed by atoms with Crippen LogP contribution in [0.25, 0.3) is 0 Å². The fourth-order valence-corrected chi connectivity index (χ4v) is 1.76. The molecule has 0 aliphatic heterocycles. The van der Waals surface area contributed by atoms with Crippen LogP contribution in [0.5, 0.6) is 5.75 Å². The molecule has 0 fully saturated rings. The lowest BCUT2D eigenvalue weighted by Gasteiger charge is -2.16. The Labute approximate surface area is 127 Å². The summed E-state index contributed by atoms with van der Waals surface area (Å²) in [5.41, 5.74) is 7.69. The van der Waals surface area contributed by atoms with Crippen LogP contribution >= 0.6 is 12.4 Å². The summed E-state index contributed by atoms with van der Waals surface area (Å²) in [7, 11) is 0. The van der Waals surface area contributed by atoms with Gasteiger partial charge in [0.05, 0.1) is 0 Å². The van der Waals surface area contributed by atoms with E-state index in [9.17, 15) is 4.79 Å². The Bertz CT molecular complexity index is 436. The highest BCUT2D eigenvalue weighted by molar-refractivity contribution is 5.85. The van der Waals surface area contributed by atoms with Crippen molar-refractivity contribution in [2.75, 3.05) is 13.2 Å². The number of carbonyl (C=O) groups excluding carboxylic acids is 1. The molecule has 114 valence electrons. The molecule has 1 atom stereocenters. The van der Waals surface area contributed by atoms with Crippen molar-refractivity contribution in [2.45, 2.75) is 39.7 Å². The summed E-state index contributed by atoms with van der Waals surface area (Å²) in [6.45, 7) is 8.53. The van der Waals surface area contributed by atoms with E-state index in [1.807, 2.05) is 19.9 Å². The van der Waals surface area contributed by atoms with Gasteiger partial charge < -0.3 is 15.8 Å². The summed E-state index contributed by atoms with van der Waals surface area (Å²) in [5.74, 6) is 1.00. The second-order valence-electron chi connectivity index (χ2n) is 5.19. The van der Waals surface area contributed by atoms with Crippen LogP contribution < -0.4 is 15.8 Å². The number of rotatable bonds is 6. The van der Waals surface area contributed by atoms with E-state index in [-0.39, 0.29) is 31.0 Å². The standard InChI is InChI=1S/C15H24N2O2.ClH/c1-10(2)13-6-5-11(3)7-14(13)19-9-15(18)17-12(4)8-16;/h5-7,10,12H,8-9,16H2,1-4H3,(H,17,18);1H/t12-;/m0./s1. The SMILES string of the molecule is Cc1ccc(C(C)C)c(OCC(=O)N[C@@H](C)CN)c1.Cl. The first-order valence-electron chi connectivity index (χ1n) is 6.66. The molecule has 0 spiro atoms. The van der Waals surface area contributed by atoms with Gasteiger partial charge in [-0.3, -0.25) is 4.79 Å². The number of hydrogen-bond donors (Lipinski definition) is 2. The van der Waals surface area contributed by atoms with E-state index in [4.69, 9.17) is 10.5 Å². The quantitative estimate of drug-likeness (QED) is 0.848.